The number of hydrogen-bond donors (Lipinski definition) is 0. The smallest absolute Gasteiger partial charge is 0.193 e. The fourth-order valence-electron chi connectivity index (χ4n) is 2.17. The van der Waals surface area contributed by atoms with E-state index >= 15 is 0 Å². The summed E-state index contributed by atoms with van der Waals surface area (Å²) in [5, 5.41) is 0.605. The summed E-state index contributed by atoms with van der Waals surface area (Å²) in [6, 6.07) is 8.79. The van der Waals surface area contributed by atoms with E-state index in [0.717, 1.165) is 0 Å². The summed E-state index contributed by atoms with van der Waals surface area (Å²) in [6.45, 7) is 3.88. The van der Waals surface area contributed by atoms with Crippen molar-refractivity contribution in [3.05, 3.63) is 58.5 Å². The third kappa shape index (κ3) is 1.59. The first-order chi connectivity index (χ1) is 8.65. The van der Waals surface area contributed by atoms with Gasteiger partial charge in [0.15, 0.2) is 11.0 Å². The van der Waals surface area contributed by atoms with Crippen molar-refractivity contribution >= 4 is 11.0 Å². The predicted octanol–water partition coefficient (Wildman–Crippen LogP) is 2.98. The molecule has 2 heterocycles. The lowest BCUT2D eigenvalue weighted by molar-refractivity contribution is 0.283. The van der Waals surface area contributed by atoms with Gasteiger partial charge in [-0.15, -0.1) is 0 Å². The third-order valence-corrected chi connectivity index (χ3v) is 3.35. The lowest BCUT2D eigenvalue weighted by Crippen LogP contribution is -2.11. The number of rotatable bonds is 2. The van der Waals surface area contributed by atoms with Gasteiger partial charge in [0.2, 0.25) is 0 Å². The van der Waals surface area contributed by atoms with Crippen LogP contribution in [-0.2, 0) is 10.3 Å². The standard InChI is InChI=1S/C15H14O3/c1-3-6-13-15(2,18-13)14-9-11(16)10-7-4-5-8-12(10)17-14/h3-9,13H,1-2H3/b6-3-/t13-,15-/m0/s1. The van der Waals surface area contributed by atoms with Crippen molar-refractivity contribution < 1.29 is 9.15 Å². The molecule has 3 nitrogen and oxygen atoms in total. The zero-order chi connectivity index (χ0) is 12.8. The minimum Gasteiger partial charge on any atom is -0.458 e. The second kappa shape index (κ2) is 3.82. The van der Waals surface area contributed by atoms with Gasteiger partial charge >= 0.3 is 0 Å². The van der Waals surface area contributed by atoms with Crippen LogP contribution in [0.3, 0.4) is 0 Å². The van der Waals surface area contributed by atoms with E-state index in [0.29, 0.717) is 16.7 Å². The Morgan fingerprint density at radius 2 is 2.11 bits per heavy atom. The van der Waals surface area contributed by atoms with Gasteiger partial charge in [0.1, 0.15) is 17.4 Å². The molecule has 1 aromatic carbocycles. The molecule has 0 radical (unpaired) electrons. The molecule has 3 rings (SSSR count). The van der Waals surface area contributed by atoms with Gasteiger partial charge in [0, 0.05) is 6.07 Å². The van der Waals surface area contributed by atoms with E-state index in [-0.39, 0.29) is 11.5 Å². The predicted molar refractivity (Wildman–Crippen MR) is 69.5 cm³/mol. The zero-order valence-electron chi connectivity index (χ0n) is 10.3. The molecule has 0 aliphatic carbocycles. The first-order valence-electron chi connectivity index (χ1n) is 5.99. The highest BCUT2D eigenvalue weighted by molar-refractivity contribution is 5.76. The van der Waals surface area contributed by atoms with Crippen LogP contribution in [0, 0.1) is 0 Å². The Morgan fingerprint density at radius 3 is 2.89 bits per heavy atom. The Bertz CT molecular complexity index is 683. The van der Waals surface area contributed by atoms with Crippen molar-refractivity contribution in [3.63, 3.8) is 0 Å². The van der Waals surface area contributed by atoms with Crippen molar-refractivity contribution in [1.82, 2.24) is 0 Å². The van der Waals surface area contributed by atoms with Crippen LogP contribution in [0.2, 0.25) is 0 Å². The number of allylic oxidation sites excluding steroid dienone is 1. The molecular formula is C15H14O3. The Balaban J connectivity index is 2.12. The van der Waals surface area contributed by atoms with Gasteiger partial charge in [0.05, 0.1) is 5.39 Å². The molecule has 2 aromatic rings. The first kappa shape index (κ1) is 11.2. The number of benzene rings is 1. The maximum atomic E-state index is 12.0. The molecule has 1 fully saturated rings. The number of epoxide rings is 1. The van der Waals surface area contributed by atoms with E-state index in [1.165, 1.54) is 6.07 Å². The van der Waals surface area contributed by atoms with Crippen molar-refractivity contribution in [1.29, 1.82) is 0 Å². The molecule has 18 heavy (non-hydrogen) atoms. The molecule has 1 aliphatic heterocycles. The van der Waals surface area contributed by atoms with Gasteiger partial charge < -0.3 is 9.15 Å². The molecule has 1 saturated heterocycles. The molecule has 0 spiro atoms. The van der Waals surface area contributed by atoms with Gasteiger partial charge in [-0.25, -0.2) is 0 Å². The molecule has 1 aliphatic rings. The van der Waals surface area contributed by atoms with E-state index in [4.69, 9.17) is 9.15 Å². The molecule has 92 valence electrons. The summed E-state index contributed by atoms with van der Waals surface area (Å²) in [6.07, 6.45) is 3.90. The molecule has 0 unspecified atom stereocenters. The summed E-state index contributed by atoms with van der Waals surface area (Å²) in [7, 11) is 0. The fourth-order valence-corrected chi connectivity index (χ4v) is 2.17. The molecule has 0 amide bonds. The van der Waals surface area contributed by atoms with Crippen LogP contribution in [0.4, 0.5) is 0 Å². The maximum absolute atomic E-state index is 12.0. The average Bonchev–Trinajstić information content (AvgIpc) is 3.02. The highest BCUT2D eigenvalue weighted by atomic mass is 16.6. The molecular weight excluding hydrogens is 228 g/mol. The van der Waals surface area contributed by atoms with E-state index in [9.17, 15) is 4.79 Å². The van der Waals surface area contributed by atoms with E-state index < -0.39 is 5.60 Å². The van der Waals surface area contributed by atoms with Crippen molar-refractivity contribution in [2.24, 2.45) is 0 Å². The molecule has 0 bridgehead atoms. The highest BCUT2D eigenvalue weighted by Gasteiger charge is 2.54. The molecule has 2 atom stereocenters. The number of ether oxygens (including phenoxy) is 1. The number of hydrogen-bond acceptors (Lipinski definition) is 3. The SMILES string of the molecule is C/C=C\[C@@H]1O[C@]1(C)c1cc(=O)c2ccccc2o1. The average molecular weight is 242 g/mol. The van der Waals surface area contributed by atoms with Crippen LogP contribution in [0.15, 0.2) is 51.7 Å². The van der Waals surface area contributed by atoms with Gasteiger partial charge in [-0.3, -0.25) is 4.79 Å². The first-order valence-corrected chi connectivity index (χ1v) is 5.99. The molecule has 0 N–H and O–H groups in total. The summed E-state index contributed by atoms with van der Waals surface area (Å²) < 4.78 is 11.4. The minimum atomic E-state index is -0.504. The maximum Gasteiger partial charge on any atom is 0.193 e. The van der Waals surface area contributed by atoms with Crippen molar-refractivity contribution in [2.75, 3.05) is 0 Å². The highest BCUT2D eigenvalue weighted by Crippen LogP contribution is 2.46. The van der Waals surface area contributed by atoms with Crippen LogP contribution in [0.5, 0.6) is 0 Å². The molecule has 1 aromatic heterocycles. The van der Waals surface area contributed by atoms with Gasteiger partial charge in [0.25, 0.3) is 0 Å². The number of fused-ring (bicyclic) bond motifs is 1. The zero-order valence-corrected chi connectivity index (χ0v) is 10.3. The van der Waals surface area contributed by atoms with Crippen molar-refractivity contribution in [3.8, 4) is 0 Å². The molecule has 3 heteroatoms. The van der Waals surface area contributed by atoms with Gasteiger partial charge in [-0.05, 0) is 26.0 Å². The lowest BCUT2D eigenvalue weighted by Gasteiger charge is -2.06. The second-order valence-electron chi connectivity index (χ2n) is 4.64. The van der Waals surface area contributed by atoms with Crippen LogP contribution >= 0.6 is 0 Å². The van der Waals surface area contributed by atoms with Crippen LogP contribution < -0.4 is 5.43 Å². The van der Waals surface area contributed by atoms with Crippen LogP contribution in [-0.4, -0.2) is 6.10 Å². The fraction of sp³-hybridized carbons (Fsp3) is 0.267. The summed E-state index contributed by atoms with van der Waals surface area (Å²) in [5.74, 6) is 0.592. The van der Waals surface area contributed by atoms with E-state index in [2.05, 4.69) is 0 Å². The minimum absolute atomic E-state index is 0.00758. The summed E-state index contributed by atoms with van der Waals surface area (Å²) >= 11 is 0. The molecule has 0 saturated carbocycles. The topological polar surface area (TPSA) is 42.7 Å². The largest absolute Gasteiger partial charge is 0.458 e. The van der Waals surface area contributed by atoms with E-state index in [1.54, 1.807) is 12.1 Å². The third-order valence-electron chi connectivity index (χ3n) is 3.35. The van der Waals surface area contributed by atoms with Gasteiger partial charge in [-0.2, -0.15) is 0 Å². The normalized spacial score (nSPS) is 26.9. The Hall–Kier alpha value is -1.87. The van der Waals surface area contributed by atoms with Gasteiger partial charge in [-0.1, -0.05) is 24.3 Å². The Labute approximate surface area is 105 Å². The van der Waals surface area contributed by atoms with Crippen LogP contribution in [0.25, 0.3) is 11.0 Å². The quantitative estimate of drug-likeness (QED) is 0.600. The Kier molecular flexibility index (Phi) is 2.38. The lowest BCUT2D eigenvalue weighted by atomic mass is 10.0. The summed E-state index contributed by atoms with van der Waals surface area (Å²) in [4.78, 5) is 12.0. The van der Waals surface area contributed by atoms with E-state index in [1.807, 2.05) is 38.1 Å². The monoisotopic (exact) mass is 242 g/mol. The number of para-hydroxylation sites is 1. The van der Waals surface area contributed by atoms with Crippen LogP contribution in [0.1, 0.15) is 19.6 Å². The second-order valence-corrected chi connectivity index (χ2v) is 4.64. The van der Waals surface area contributed by atoms with Crippen molar-refractivity contribution in [2.45, 2.75) is 25.6 Å². The Morgan fingerprint density at radius 1 is 1.33 bits per heavy atom. The summed E-state index contributed by atoms with van der Waals surface area (Å²) in [5.41, 5.74) is 0.0779.